The van der Waals surface area contributed by atoms with Crippen LogP contribution in [0.4, 0.5) is 4.39 Å². The van der Waals surface area contributed by atoms with E-state index in [1.165, 1.54) is 12.1 Å². The molecule has 0 saturated carbocycles. The zero-order valence-electron chi connectivity index (χ0n) is 17.5. The second kappa shape index (κ2) is 8.75. The van der Waals surface area contributed by atoms with Crippen LogP contribution in [0, 0.1) is 5.82 Å². The molecule has 0 aliphatic heterocycles. The summed E-state index contributed by atoms with van der Waals surface area (Å²) in [5.74, 6) is -0.530. The second-order valence-electron chi connectivity index (χ2n) is 7.94. The average Bonchev–Trinajstić information content (AvgIpc) is 3.24. The Balaban J connectivity index is 1.53. The Morgan fingerprint density at radius 1 is 0.938 bits per heavy atom. The predicted molar refractivity (Wildman–Crippen MR) is 120 cm³/mol. The lowest BCUT2D eigenvalue weighted by atomic mass is 9.95. The number of nitrogens with zero attached hydrogens (tertiary/aromatic N) is 3. The molecule has 32 heavy (non-hydrogen) atoms. The number of benzene rings is 2. The molecule has 0 saturated heterocycles. The van der Waals surface area contributed by atoms with E-state index >= 15 is 0 Å². The number of hydrogen-bond donors (Lipinski definition) is 1. The fraction of sp³-hybridized carbons (Fsp3) is 0.192. The van der Waals surface area contributed by atoms with Gasteiger partial charge in [0.25, 0.3) is 5.91 Å². The van der Waals surface area contributed by atoms with Gasteiger partial charge in [-0.2, -0.15) is 5.10 Å². The molecule has 0 radical (unpaired) electrons. The van der Waals surface area contributed by atoms with Crippen LogP contribution >= 0.6 is 0 Å². The molecule has 1 aliphatic rings. The van der Waals surface area contributed by atoms with Gasteiger partial charge in [0.15, 0.2) is 5.69 Å². The first-order chi connectivity index (χ1) is 15.7. The van der Waals surface area contributed by atoms with Crippen LogP contribution in [0.3, 0.4) is 0 Å². The molecule has 2 aromatic carbocycles. The SMILES string of the molecule is O=C(NC(c1ccccc1)c1ccccn1)c1nn(-c2ccc(F)cc2)c2c1CCCC2. The Labute approximate surface area is 185 Å². The van der Waals surface area contributed by atoms with Crippen molar-refractivity contribution in [3.8, 4) is 5.69 Å². The number of rotatable bonds is 5. The van der Waals surface area contributed by atoms with Crippen molar-refractivity contribution in [3.63, 3.8) is 0 Å². The van der Waals surface area contributed by atoms with Crippen LogP contribution in [-0.4, -0.2) is 20.7 Å². The van der Waals surface area contributed by atoms with E-state index in [4.69, 9.17) is 5.10 Å². The van der Waals surface area contributed by atoms with Crippen LogP contribution in [0.1, 0.15) is 51.9 Å². The lowest BCUT2D eigenvalue weighted by Crippen LogP contribution is -2.31. The molecule has 1 atom stereocenters. The summed E-state index contributed by atoms with van der Waals surface area (Å²) in [6, 6.07) is 21.3. The van der Waals surface area contributed by atoms with Crippen molar-refractivity contribution in [1.82, 2.24) is 20.1 Å². The first-order valence-corrected chi connectivity index (χ1v) is 10.8. The summed E-state index contributed by atoms with van der Waals surface area (Å²) in [4.78, 5) is 18.0. The monoisotopic (exact) mass is 426 g/mol. The minimum Gasteiger partial charge on any atom is -0.338 e. The van der Waals surface area contributed by atoms with Gasteiger partial charge in [-0.25, -0.2) is 9.07 Å². The third-order valence-corrected chi connectivity index (χ3v) is 5.86. The van der Waals surface area contributed by atoms with E-state index in [2.05, 4.69) is 10.3 Å². The van der Waals surface area contributed by atoms with Crippen LogP contribution in [0.25, 0.3) is 5.69 Å². The largest absolute Gasteiger partial charge is 0.338 e. The molecule has 1 unspecified atom stereocenters. The van der Waals surface area contributed by atoms with Crippen LogP contribution in [0.2, 0.25) is 0 Å². The molecule has 0 bridgehead atoms. The number of amides is 1. The Hall–Kier alpha value is -3.80. The molecule has 2 aromatic heterocycles. The van der Waals surface area contributed by atoms with Crippen molar-refractivity contribution >= 4 is 5.91 Å². The summed E-state index contributed by atoms with van der Waals surface area (Å²) in [5, 5.41) is 7.85. The molecule has 4 aromatic rings. The molecule has 2 heterocycles. The van der Waals surface area contributed by atoms with E-state index in [0.29, 0.717) is 5.69 Å². The lowest BCUT2D eigenvalue weighted by molar-refractivity contribution is 0.0935. The number of aromatic nitrogens is 3. The summed E-state index contributed by atoms with van der Waals surface area (Å²) in [6.45, 7) is 0. The van der Waals surface area contributed by atoms with Crippen LogP contribution in [0.5, 0.6) is 0 Å². The summed E-state index contributed by atoms with van der Waals surface area (Å²) >= 11 is 0. The van der Waals surface area contributed by atoms with E-state index in [1.807, 2.05) is 48.5 Å². The van der Waals surface area contributed by atoms with E-state index < -0.39 is 0 Å². The van der Waals surface area contributed by atoms with Crippen molar-refractivity contribution in [2.24, 2.45) is 0 Å². The zero-order valence-corrected chi connectivity index (χ0v) is 17.5. The van der Waals surface area contributed by atoms with Crippen molar-refractivity contribution < 1.29 is 9.18 Å². The maximum absolute atomic E-state index is 13.5. The topological polar surface area (TPSA) is 59.8 Å². The quantitative estimate of drug-likeness (QED) is 0.499. The molecule has 1 amide bonds. The van der Waals surface area contributed by atoms with Gasteiger partial charge in [-0.3, -0.25) is 9.78 Å². The first-order valence-electron chi connectivity index (χ1n) is 10.8. The smallest absolute Gasteiger partial charge is 0.272 e. The maximum atomic E-state index is 13.5. The third-order valence-electron chi connectivity index (χ3n) is 5.86. The molecular weight excluding hydrogens is 403 g/mol. The second-order valence-corrected chi connectivity index (χ2v) is 7.94. The number of fused-ring (bicyclic) bond motifs is 1. The third kappa shape index (κ3) is 3.91. The highest BCUT2D eigenvalue weighted by Crippen LogP contribution is 2.28. The Morgan fingerprint density at radius 2 is 1.69 bits per heavy atom. The van der Waals surface area contributed by atoms with Crippen molar-refractivity contribution in [1.29, 1.82) is 0 Å². The summed E-state index contributed by atoms with van der Waals surface area (Å²) in [7, 11) is 0. The first kappa shape index (κ1) is 20.1. The van der Waals surface area contributed by atoms with Crippen molar-refractivity contribution in [2.45, 2.75) is 31.7 Å². The molecule has 160 valence electrons. The zero-order chi connectivity index (χ0) is 21.9. The van der Waals surface area contributed by atoms with Crippen LogP contribution in [-0.2, 0) is 12.8 Å². The molecule has 0 spiro atoms. The van der Waals surface area contributed by atoms with E-state index in [-0.39, 0.29) is 17.8 Å². The molecule has 5 rings (SSSR count). The standard InChI is InChI=1S/C26H23FN4O/c27-19-13-15-20(16-14-19)31-23-12-5-4-10-21(23)25(30-31)26(32)29-24(18-8-2-1-3-9-18)22-11-6-7-17-28-22/h1-3,6-9,11,13-17,24H,4-5,10,12H2,(H,29,32). The average molecular weight is 426 g/mol. The predicted octanol–water partition coefficient (Wildman–Crippen LogP) is 4.80. The number of hydrogen-bond acceptors (Lipinski definition) is 3. The minimum atomic E-state index is -0.389. The molecule has 0 fully saturated rings. The van der Waals surface area contributed by atoms with Crippen LogP contribution in [0.15, 0.2) is 79.0 Å². The van der Waals surface area contributed by atoms with Gasteiger partial charge in [0.1, 0.15) is 5.82 Å². The lowest BCUT2D eigenvalue weighted by Gasteiger charge is -2.19. The maximum Gasteiger partial charge on any atom is 0.272 e. The fourth-order valence-corrected chi connectivity index (χ4v) is 4.30. The van der Waals surface area contributed by atoms with Gasteiger partial charge in [0, 0.05) is 17.5 Å². The van der Waals surface area contributed by atoms with Gasteiger partial charge in [0.2, 0.25) is 0 Å². The summed E-state index contributed by atoms with van der Waals surface area (Å²) in [6.07, 6.45) is 5.43. The van der Waals surface area contributed by atoms with Gasteiger partial charge in [0.05, 0.1) is 17.4 Å². The van der Waals surface area contributed by atoms with Gasteiger partial charge in [-0.15, -0.1) is 0 Å². The van der Waals surface area contributed by atoms with Gasteiger partial charge < -0.3 is 5.32 Å². The van der Waals surface area contributed by atoms with E-state index in [0.717, 1.165) is 53.9 Å². The van der Waals surface area contributed by atoms with E-state index in [1.54, 1.807) is 23.0 Å². The minimum absolute atomic E-state index is 0.233. The number of carbonyl (C=O) groups is 1. The summed E-state index contributed by atoms with van der Waals surface area (Å²) < 4.78 is 15.2. The number of nitrogens with one attached hydrogen (secondary N) is 1. The Bertz CT molecular complexity index is 1180. The normalized spacial score (nSPS) is 13.9. The Morgan fingerprint density at radius 3 is 2.44 bits per heavy atom. The van der Waals surface area contributed by atoms with Gasteiger partial charge in [-0.1, -0.05) is 36.4 Å². The highest BCUT2D eigenvalue weighted by Gasteiger charge is 2.28. The highest BCUT2D eigenvalue weighted by molar-refractivity contribution is 5.94. The molecule has 6 heteroatoms. The number of pyridine rings is 1. The molecule has 5 nitrogen and oxygen atoms in total. The number of halogens is 1. The van der Waals surface area contributed by atoms with Gasteiger partial charge in [-0.05, 0) is 67.6 Å². The fourth-order valence-electron chi connectivity index (χ4n) is 4.30. The number of carbonyl (C=O) groups excluding carboxylic acids is 1. The van der Waals surface area contributed by atoms with Gasteiger partial charge >= 0.3 is 0 Å². The van der Waals surface area contributed by atoms with E-state index in [9.17, 15) is 9.18 Å². The van der Waals surface area contributed by atoms with Crippen LogP contribution < -0.4 is 5.32 Å². The van der Waals surface area contributed by atoms with Crippen molar-refractivity contribution in [2.75, 3.05) is 0 Å². The highest BCUT2D eigenvalue weighted by atomic mass is 19.1. The molecular formula is C26H23FN4O. The molecule has 1 N–H and O–H groups in total. The van der Waals surface area contributed by atoms with Crippen molar-refractivity contribution in [3.05, 3.63) is 113 Å². The molecule has 1 aliphatic carbocycles. The summed E-state index contributed by atoms with van der Waals surface area (Å²) in [5.41, 5.74) is 4.91. The Kier molecular flexibility index (Phi) is 5.50.